The minimum absolute atomic E-state index is 0.101. The number of hydrogen-bond acceptors (Lipinski definition) is 4. The Morgan fingerprint density at radius 1 is 1.25 bits per heavy atom. The summed E-state index contributed by atoms with van der Waals surface area (Å²) in [5.41, 5.74) is 1.66. The molecule has 2 N–H and O–H groups in total. The van der Waals surface area contributed by atoms with Crippen molar-refractivity contribution in [2.45, 2.75) is 13.2 Å². The van der Waals surface area contributed by atoms with E-state index in [2.05, 4.69) is 10.3 Å². The molecule has 0 fully saturated rings. The van der Waals surface area contributed by atoms with Gasteiger partial charge in [-0.2, -0.15) is 0 Å². The van der Waals surface area contributed by atoms with Crippen molar-refractivity contribution in [3.63, 3.8) is 0 Å². The molecule has 1 aromatic heterocycles. The van der Waals surface area contributed by atoms with Crippen LogP contribution in [0.4, 0.5) is 5.82 Å². The zero-order valence-corrected chi connectivity index (χ0v) is 12.4. The lowest BCUT2D eigenvalue weighted by atomic mass is 10.2. The van der Waals surface area contributed by atoms with Gasteiger partial charge in [0, 0.05) is 12.1 Å². The molecule has 0 spiro atoms. The molecule has 0 radical (unpaired) electrons. The van der Waals surface area contributed by atoms with Gasteiger partial charge in [-0.15, -0.1) is 0 Å². The van der Waals surface area contributed by atoms with Gasteiger partial charge in [0.25, 0.3) is 0 Å². The van der Waals surface area contributed by atoms with E-state index in [0.29, 0.717) is 33.9 Å². The minimum atomic E-state index is -0.101. The summed E-state index contributed by atoms with van der Waals surface area (Å²) >= 11 is 11.9. The van der Waals surface area contributed by atoms with Gasteiger partial charge in [0.2, 0.25) is 0 Å². The molecule has 4 nitrogen and oxygen atoms in total. The van der Waals surface area contributed by atoms with Crippen molar-refractivity contribution in [3.05, 3.63) is 51.6 Å². The Morgan fingerprint density at radius 2 is 2.05 bits per heavy atom. The number of hydrogen-bond donors (Lipinski definition) is 2. The van der Waals surface area contributed by atoms with E-state index in [9.17, 15) is 5.11 Å². The number of nitrogens with one attached hydrogen (secondary N) is 1. The summed E-state index contributed by atoms with van der Waals surface area (Å²) in [6, 6.07) is 8.90. The lowest BCUT2D eigenvalue weighted by Gasteiger charge is -2.11. The summed E-state index contributed by atoms with van der Waals surface area (Å²) in [5.74, 6) is 1.19. The van der Waals surface area contributed by atoms with Crippen LogP contribution in [0.2, 0.25) is 10.2 Å². The van der Waals surface area contributed by atoms with Crippen molar-refractivity contribution >= 4 is 29.0 Å². The van der Waals surface area contributed by atoms with Crippen LogP contribution in [0.3, 0.4) is 0 Å². The molecule has 2 aromatic rings. The molecule has 0 amide bonds. The molecular formula is C14H14Cl2N2O2. The van der Waals surface area contributed by atoms with Crippen molar-refractivity contribution < 1.29 is 9.84 Å². The lowest BCUT2D eigenvalue weighted by molar-refractivity contribution is 0.282. The molecule has 20 heavy (non-hydrogen) atoms. The summed E-state index contributed by atoms with van der Waals surface area (Å²) in [5, 5.41) is 13.3. The largest absolute Gasteiger partial charge is 0.495 e. The smallest absolute Gasteiger partial charge is 0.137 e. The number of benzene rings is 1. The Labute approximate surface area is 127 Å². The minimum Gasteiger partial charge on any atom is -0.495 e. The van der Waals surface area contributed by atoms with E-state index in [1.807, 2.05) is 12.1 Å². The van der Waals surface area contributed by atoms with Crippen LogP contribution < -0.4 is 10.1 Å². The van der Waals surface area contributed by atoms with E-state index in [-0.39, 0.29) is 6.61 Å². The number of rotatable bonds is 5. The number of anilines is 1. The average Bonchev–Trinajstić information content (AvgIpc) is 2.45. The molecule has 0 saturated carbocycles. The maximum atomic E-state index is 9.26. The van der Waals surface area contributed by atoms with Crippen molar-refractivity contribution in [2.24, 2.45) is 0 Å². The van der Waals surface area contributed by atoms with E-state index in [0.717, 1.165) is 5.56 Å². The van der Waals surface area contributed by atoms with E-state index in [4.69, 9.17) is 27.9 Å². The third-order valence-corrected chi connectivity index (χ3v) is 3.30. The number of aliphatic hydroxyl groups is 1. The van der Waals surface area contributed by atoms with Gasteiger partial charge >= 0.3 is 0 Å². The molecule has 6 heteroatoms. The van der Waals surface area contributed by atoms with Crippen molar-refractivity contribution in [1.29, 1.82) is 0 Å². The van der Waals surface area contributed by atoms with Crippen LogP contribution in [-0.4, -0.2) is 17.2 Å². The normalized spacial score (nSPS) is 10.4. The number of nitrogens with zero attached hydrogens (tertiary/aromatic N) is 1. The maximum absolute atomic E-state index is 9.26. The zero-order chi connectivity index (χ0) is 14.5. The van der Waals surface area contributed by atoms with Crippen LogP contribution in [0, 0.1) is 0 Å². The first-order valence-corrected chi connectivity index (χ1v) is 6.72. The molecule has 1 heterocycles. The standard InChI is InChI=1S/C14H14Cl2N2O2/c1-20-12-4-2-9(6-11(12)15)7-17-14-10(8-19)3-5-13(16)18-14/h2-6,19H,7-8H2,1H3,(H,17,18). The maximum Gasteiger partial charge on any atom is 0.137 e. The first-order chi connectivity index (χ1) is 9.63. The molecule has 1 aromatic carbocycles. The van der Waals surface area contributed by atoms with Crippen LogP contribution >= 0.6 is 23.2 Å². The zero-order valence-electron chi connectivity index (χ0n) is 10.9. The molecule has 0 saturated heterocycles. The third-order valence-electron chi connectivity index (χ3n) is 2.79. The van der Waals surface area contributed by atoms with Gasteiger partial charge in [-0.3, -0.25) is 0 Å². The van der Waals surface area contributed by atoms with Gasteiger partial charge in [-0.25, -0.2) is 4.98 Å². The Morgan fingerprint density at radius 3 is 2.70 bits per heavy atom. The first-order valence-electron chi connectivity index (χ1n) is 5.96. The highest BCUT2D eigenvalue weighted by Crippen LogP contribution is 2.25. The molecule has 0 aliphatic heterocycles. The molecule has 0 aliphatic carbocycles. The van der Waals surface area contributed by atoms with Gasteiger partial charge in [0.1, 0.15) is 16.7 Å². The fraction of sp³-hybridized carbons (Fsp3) is 0.214. The third kappa shape index (κ3) is 3.54. The van der Waals surface area contributed by atoms with E-state index in [1.165, 1.54) is 0 Å². The second kappa shape index (κ2) is 6.79. The first kappa shape index (κ1) is 14.9. The van der Waals surface area contributed by atoms with Crippen molar-refractivity contribution in [1.82, 2.24) is 4.98 Å². The van der Waals surface area contributed by atoms with Crippen LogP contribution in [0.25, 0.3) is 0 Å². The molecule has 0 aliphatic rings. The van der Waals surface area contributed by atoms with Gasteiger partial charge in [-0.05, 0) is 29.8 Å². The number of aromatic nitrogens is 1. The summed E-state index contributed by atoms with van der Waals surface area (Å²) in [7, 11) is 1.57. The Hall–Kier alpha value is -1.49. The predicted molar refractivity (Wildman–Crippen MR) is 80.5 cm³/mol. The molecule has 2 rings (SSSR count). The molecule has 0 atom stereocenters. The topological polar surface area (TPSA) is 54.4 Å². The highest BCUT2D eigenvalue weighted by Gasteiger charge is 2.06. The summed E-state index contributed by atoms with van der Waals surface area (Å²) in [6.45, 7) is 0.417. The lowest BCUT2D eigenvalue weighted by Crippen LogP contribution is -2.05. The molecule has 106 valence electrons. The summed E-state index contributed by atoms with van der Waals surface area (Å²) in [6.07, 6.45) is 0. The number of halogens is 2. The van der Waals surface area contributed by atoms with Crippen molar-refractivity contribution in [2.75, 3.05) is 12.4 Å². The van der Waals surface area contributed by atoms with Gasteiger partial charge in [0.05, 0.1) is 18.7 Å². The van der Waals surface area contributed by atoms with Crippen LogP contribution in [-0.2, 0) is 13.2 Å². The quantitative estimate of drug-likeness (QED) is 0.830. The average molecular weight is 313 g/mol. The summed E-state index contributed by atoms with van der Waals surface area (Å²) in [4.78, 5) is 4.15. The van der Waals surface area contributed by atoms with Gasteiger partial charge in [0.15, 0.2) is 0 Å². The fourth-order valence-electron chi connectivity index (χ4n) is 1.75. The Kier molecular flexibility index (Phi) is 5.06. The fourth-order valence-corrected chi connectivity index (χ4v) is 2.18. The monoisotopic (exact) mass is 312 g/mol. The molecular weight excluding hydrogens is 299 g/mol. The van der Waals surface area contributed by atoms with Gasteiger partial charge < -0.3 is 15.2 Å². The number of pyridine rings is 1. The predicted octanol–water partition coefficient (Wildman–Crippen LogP) is 3.50. The van der Waals surface area contributed by atoms with Crippen LogP contribution in [0.15, 0.2) is 30.3 Å². The highest BCUT2D eigenvalue weighted by molar-refractivity contribution is 6.32. The van der Waals surface area contributed by atoms with Gasteiger partial charge in [-0.1, -0.05) is 29.3 Å². The second-order valence-electron chi connectivity index (χ2n) is 4.12. The Balaban J connectivity index is 2.12. The van der Waals surface area contributed by atoms with Crippen LogP contribution in [0.1, 0.15) is 11.1 Å². The number of aliphatic hydroxyl groups excluding tert-OH is 1. The second-order valence-corrected chi connectivity index (χ2v) is 4.92. The van der Waals surface area contributed by atoms with E-state index >= 15 is 0 Å². The highest BCUT2D eigenvalue weighted by atomic mass is 35.5. The molecule has 0 bridgehead atoms. The van der Waals surface area contributed by atoms with Crippen molar-refractivity contribution in [3.8, 4) is 5.75 Å². The summed E-state index contributed by atoms with van der Waals surface area (Å²) < 4.78 is 5.10. The van der Waals surface area contributed by atoms with E-state index < -0.39 is 0 Å². The SMILES string of the molecule is COc1ccc(CNc2nc(Cl)ccc2CO)cc1Cl. The van der Waals surface area contributed by atoms with E-state index in [1.54, 1.807) is 25.3 Å². The molecule has 0 unspecified atom stereocenters. The number of ether oxygens (including phenoxy) is 1. The van der Waals surface area contributed by atoms with Crippen LogP contribution in [0.5, 0.6) is 5.75 Å². The Bertz CT molecular complexity index is 606. The number of methoxy groups -OCH3 is 1.